The molecule has 1 aromatic heterocycles. The quantitative estimate of drug-likeness (QED) is 0.712. The first-order chi connectivity index (χ1) is 14.1. The fourth-order valence-corrected chi connectivity index (χ4v) is 3.21. The van der Waals surface area contributed by atoms with Crippen LogP contribution in [0.3, 0.4) is 0 Å². The first-order valence-corrected chi connectivity index (χ1v) is 9.27. The van der Waals surface area contributed by atoms with Gasteiger partial charge in [0.05, 0.1) is 31.0 Å². The molecule has 0 saturated carbocycles. The van der Waals surface area contributed by atoms with Gasteiger partial charge in [-0.15, -0.1) is 0 Å². The van der Waals surface area contributed by atoms with Crippen molar-refractivity contribution in [3.05, 3.63) is 59.9 Å². The third-order valence-corrected chi connectivity index (χ3v) is 4.63. The number of carbonyl (C=O) groups is 2. The van der Waals surface area contributed by atoms with E-state index in [4.69, 9.17) is 14.7 Å². The monoisotopic (exact) mass is 394 g/mol. The molecule has 8 heteroatoms. The Kier molecular flexibility index (Phi) is 6.76. The SMILES string of the molecule is COCCNC(=O)[C@@H]1C[C@H](Oc2cccnc2)CN1C(=O)c1ccc(C#N)cc1. The van der Waals surface area contributed by atoms with Crippen LogP contribution in [-0.4, -0.2) is 60.7 Å². The second kappa shape index (κ2) is 9.66. The van der Waals surface area contributed by atoms with Crippen molar-refractivity contribution in [1.29, 1.82) is 5.26 Å². The van der Waals surface area contributed by atoms with Crippen LogP contribution < -0.4 is 10.1 Å². The molecule has 1 fully saturated rings. The molecule has 1 aromatic carbocycles. The Morgan fingerprint density at radius 3 is 2.76 bits per heavy atom. The fraction of sp³-hybridized carbons (Fsp3) is 0.333. The molecule has 0 bridgehead atoms. The third-order valence-electron chi connectivity index (χ3n) is 4.63. The number of pyridine rings is 1. The predicted octanol–water partition coefficient (Wildman–Crippen LogP) is 1.38. The zero-order valence-electron chi connectivity index (χ0n) is 16.1. The standard InChI is InChI=1S/C21H22N4O4/c1-28-10-9-24-20(26)19-11-18(29-17-3-2-8-23-13-17)14-25(19)21(27)16-6-4-15(12-22)5-7-16/h2-8,13,18-19H,9-11,14H2,1H3,(H,24,26)/t18-,19-/m0/s1. The van der Waals surface area contributed by atoms with E-state index in [1.807, 2.05) is 6.07 Å². The van der Waals surface area contributed by atoms with Crippen molar-refractivity contribution in [1.82, 2.24) is 15.2 Å². The van der Waals surface area contributed by atoms with Crippen LogP contribution in [0.5, 0.6) is 5.75 Å². The molecule has 0 radical (unpaired) electrons. The molecule has 2 atom stereocenters. The third kappa shape index (κ3) is 5.09. The van der Waals surface area contributed by atoms with Crippen molar-refractivity contribution in [2.24, 2.45) is 0 Å². The lowest BCUT2D eigenvalue weighted by atomic mass is 10.1. The van der Waals surface area contributed by atoms with Gasteiger partial charge in [0.2, 0.25) is 5.91 Å². The van der Waals surface area contributed by atoms with Crippen molar-refractivity contribution in [2.75, 3.05) is 26.8 Å². The van der Waals surface area contributed by atoms with Crippen molar-refractivity contribution in [2.45, 2.75) is 18.6 Å². The van der Waals surface area contributed by atoms with E-state index in [9.17, 15) is 9.59 Å². The van der Waals surface area contributed by atoms with Crippen molar-refractivity contribution in [3.63, 3.8) is 0 Å². The summed E-state index contributed by atoms with van der Waals surface area (Å²) in [6, 6.07) is 11.3. The number of carbonyl (C=O) groups excluding carboxylic acids is 2. The summed E-state index contributed by atoms with van der Waals surface area (Å²) < 4.78 is 10.9. The number of methoxy groups -OCH3 is 1. The second-order valence-electron chi connectivity index (χ2n) is 6.61. The number of hydrogen-bond acceptors (Lipinski definition) is 6. The number of ether oxygens (including phenoxy) is 2. The minimum absolute atomic E-state index is 0.249. The van der Waals surface area contributed by atoms with E-state index in [1.54, 1.807) is 55.9 Å². The molecule has 1 N–H and O–H groups in total. The number of benzene rings is 1. The number of amides is 2. The van der Waals surface area contributed by atoms with Crippen molar-refractivity contribution >= 4 is 11.8 Å². The minimum Gasteiger partial charge on any atom is -0.487 e. The number of aromatic nitrogens is 1. The summed E-state index contributed by atoms with van der Waals surface area (Å²) in [7, 11) is 1.56. The highest BCUT2D eigenvalue weighted by molar-refractivity contribution is 5.98. The van der Waals surface area contributed by atoms with Gasteiger partial charge >= 0.3 is 0 Å². The molecular weight excluding hydrogens is 372 g/mol. The van der Waals surface area contributed by atoms with E-state index in [0.717, 1.165) is 0 Å². The lowest BCUT2D eigenvalue weighted by Gasteiger charge is -2.23. The molecule has 1 aliphatic rings. The van der Waals surface area contributed by atoms with Crippen molar-refractivity contribution < 1.29 is 19.1 Å². The average molecular weight is 394 g/mol. The van der Waals surface area contributed by atoms with E-state index < -0.39 is 6.04 Å². The van der Waals surface area contributed by atoms with Gasteiger partial charge in [0.1, 0.15) is 17.9 Å². The molecule has 8 nitrogen and oxygen atoms in total. The van der Waals surface area contributed by atoms with E-state index in [-0.39, 0.29) is 24.5 Å². The number of nitrogens with one attached hydrogen (secondary N) is 1. The van der Waals surface area contributed by atoms with E-state index >= 15 is 0 Å². The zero-order valence-corrected chi connectivity index (χ0v) is 16.1. The lowest BCUT2D eigenvalue weighted by molar-refractivity contribution is -0.125. The van der Waals surface area contributed by atoms with Crippen LogP contribution in [-0.2, 0) is 9.53 Å². The topological polar surface area (TPSA) is 105 Å². The normalized spacial score (nSPS) is 18.1. The summed E-state index contributed by atoms with van der Waals surface area (Å²) in [6.07, 6.45) is 3.28. The molecule has 2 heterocycles. The van der Waals surface area contributed by atoms with Crippen molar-refractivity contribution in [3.8, 4) is 11.8 Å². The second-order valence-corrected chi connectivity index (χ2v) is 6.61. The molecule has 0 unspecified atom stereocenters. The van der Waals surface area contributed by atoms with Crippen LogP contribution in [0.4, 0.5) is 0 Å². The Morgan fingerprint density at radius 2 is 2.10 bits per heavy atom. The first-order valence-electron chi connectivity index (χ1n) is 9.27. The summed E-state index contributed by atoms with van der Waals surface area (Å²) >= 11 is 0. The Bertz CT molecular complexity index is 880. The van der Waals surface area contributed by atoms with E-state index in [2.05, 4.69) is 10.3 Å². The Labute approximate surface area is 169 Å². The molecular formula is C21H22N4O4. The maximum atomic E-state index is 13.1. The molecule has 2 aromatic rings. The number of nitriles is 1. The molecule has 3 rings (SSSR count). The van der Waals surface area contributed by atoms with Gasteiger partial charge in [-0.25, -0.2) is 0 Å². The summed E-state index contributed by atoms with van der Waals surface area (Å²) in [5.74, 6) is 0.0590. The highest BCUT2D eigenvalue weighted by atomic mass is 16.5. The number of rotatable bonds is 7. The van der Waals surface area contributed by atoms with Gasteiger partial charge in [0.15, 0.2) is 0 Å². The van der Waals surface area contributed by atoms with Gasteiger partial charge in [-0.2, -0.15) is 5.26 Å². The summed E-state index contributed by atoms with van der Waals surface area (Å²) in [5, 5.41) is 11.7. The minimum atomic E-state index is -0.656. The molecule has 29 heavy (non-hydrogen) atoms. The number of likely N-dealkylation sites (tertiary alicyclic amines) is 1. The first kappa shape index (κ1) is 20.3. The summed E-state index contributed by atoms with van der Waals surface area (Å²) in [6.45, 7) is 1.02. The van der Waals surface area contributed by atoms with Crippen LogP contribution in [0.2, 0.25) is 0 Å². The van der Waals surface area contributed by atoms with Crippen LogP contribution in [0.25, 0.3) is 0 Å². The molecule has 2 amide bonds. The number of hydrogen-bond donors (Lipinski definition) is 1. The van der Waals surface area contributed by atoms with Crippen LogP contribution in [0.15, 0.2) is 48.8 Å². The molecule has 1 aliphatic heterocycles. The highest BCUT2D eigenvalue weighted by Gasteiger charge is 2.41. The maximum absolute atomic E-state index is 13.1. The van der Waals surface area contributed by atoms with E-state index in [1.165, 1.54) is 4.90 Å². The van der Waals surface area contributed by atoms with Crippen LogP contribution in [0, 0.1) is 11.3 Å². The van der Waals surface area contributed by atoms with Gasteiger partial charge in [0.25, 0.3) is 5.91 Å². The summed E-state index contributed by atoms with van der Waals surface area (Å²) in [4.78, 5) is 31.3. The van der Waals surface area contributed by atoms with E-state index in [0.29, 0.717) is 36.4 Å². The Balaban J connectivity index is 1.76. The molecule has 1 saturated heterocycles. The molecule has 150 valence electrons. The molecule has 0 spiro atoms. The summed E-state index contributed by atoms with van der Waals surface area (Å²) in [5.41, 5.74) is 0.885. The maximum Gasteiger partial charge on any atom is 0.254 e. The fourth-order valence-electron chi connectivity index (χ4n) is 3.21. The number of nitrogens with zero attached hydrogens (tertiary/aromatic N) is 3. The van der Waals surface area contributed by atoms with Crippen LogP contribution in [0.1, 0.15) is 22.3 Å². The largest absolute Gasteiger partial charge is 0.487 e. The smallest absolute Gasteiger partial charge is 0.254 e. The van der Waals surface area contributed by atoms with Gasteiger partial charge in [-0.05, 0) is 36.4 Å². The average Bonchev–Trinajstić information content (AvgIpc) is 3.18. The van der Waals surface area contributed by atoms with Gasteiger partial charge in [-0.3, -0.25) is 14.6 Å². The lowest BCUT2D eigenvalue weighted by Crippen LogP contribution is -2.46. The molecule has 0 aliphatic carbocycles. The van der Waals surface area contributed by atoms with Crippen LogP contribution >= 0.6 is 0 Å². The van der Waals surface area contributed by atoms with Gasteiger partial charge in [0, 0.05) is 31.8 Å². The predicted molar refractivity (Wildman–Crippen MR) is 104 cm³/mol. The Hall–Kier alpha value is -3.44. The van der Waals surface area contributed by atoms with Gasteiger partial charge < -0.3 is 19.7 Å². The zero-order chi connectivity index (χ0) is 20.6. The Morgan fingerprint density at radius 1 is 1.31 bits per heavy atom. The van der Waals surface area contributed by atoms with Gasteiger partial charge in [-0.1, -0.05) is 0 Å². The highest BCUT2D eigenvalue weighted by Crippen LogP contribution is 2.25.